The highest BCUT2D eigenvalue weighted by atomic mass is 15.2. The van der Waals surface area contributed by atoms with Crippen molar-refractivity contribution in [3.8, 4) is 0 Å². The summed E-state index contributed by atoms with van der Waals surface area (Å²) in [6.07, 6.45) is 13.9. The Balaban J connectivity index is 1.40. The number of nitrogens with one attached hydrogen (secondary N) is 2. The van der Waals surface area contributed by atoms with Crippen LogP contribution < -0.4 is 10.6 Å². The van der Waals surface area contributed by atoms with E-state index < -0.39 is 0 Å². The van der Waals surface area contributed by atoms with Crippen LogP contribution in [0, 0.1) is 5.92 Å². The number of likely N-dealkylation sites (tertiary alicyclic amines) is 1. The lowest BCUT2D eigenvalue weighted by Gasteiger charge is -2.39. The highest BCUT2D eigenvalue weighted by molar-refractivity contribution is 5.80. The molecular weight excluding hydrogens is 284 g/mol. The lowest BCUT2D eigenvalue weighted by atomic mass is 9.92. The van der Waals surface area contributed by atoms with Crippen LogP contribution in [0.2, 0.25) is 0 Å². The molecule has 0 aromatic rings. The molecule has 0 atom stereocenters. The second-order valence-electron chi connectivity index (χ2n) is 7.74. The van der Waals surface area contributed by atoms with E-state index in [0.29, 0.717) is 6.04 Å². The van der Waals surface area contributed by atoms with Gasteiger partial charge in [-0.2, -0.15) is 0 Å². The molecule has 0 unspecified atom stereocenters. The summed E-state index contributed by atoms with van der Waals surface area (Å²) in [7, 11) is 0. The third-order valence-corrected chi connectivity index (χ3v) is 5.81. The average molecular weight is 321 g/mol. The Labute approximate surface area is 142 Å². The second-order valence-corrected chi connectivity index (χ2v) is 7.74. The van der Waals surface area contributed by atoms with Crippen LogP contribution in [0.15, 0.2) is 4.99 Å². The van der Waals surface area contributed by atoms with E-state index in [9.17, 15) is 0 Å². The van der Waals surface area contributed by atoms with Crippen LogP contribution in [0.1, 0.15) is 71.1 Å². The zero-order valence-electron chi connectivity index (χ0n) is 15.0. The molecule has 1 heterocycles. The molecule has 2 N–H and O–H groups in total. The summed E-state index contributed by atoms with van der Waals surface area (Å²) in [5.41, 5.74) is 0. The van der Waals surface area contributed by atoms with E-state index >= 15 is 0 Å². The summed E-state index contributed by atoms with van der Waals surface area (Å²) in [6, 6.07) is 1.48. The Morgan fingerprint density at radius 1 is 1.00 bits per heavy atom. The Morgan fingerprint density at radius 2 is 1.74 bits per heavy atom. The molecule has 23 heavy (non-hydrogen) atoms. The van der Waals surface area contributed by atoms with Gasteiger partial charge < -0.3 is 15.5 Å². The number of hydrogen-bond donors (Lipinski definition) is 2. The van der Waals surface area contributed by atoms with E-state index in [1.54, 1.807) is 0 Å². The second kappa shape index (κ2) is 8.91. The molecule has 1 saturated heterocycles. The molecule has 0 spiro atoms. The maximum Gasteiger partial charge on any atom is 0.191 e. The van der Waals surface area contributed by atoms with Gasteiger partial charge >= 0.3 is 0 Å². The minimum atomic E-state index is 0.605. The van der Waals surface area contributed by atoms with E-state index in [0.717, 1.165) is 31.0 Å². The van der Waals surface area contributed by atoms with Crippen molar-refractivity contribution < 1.29 is 0 Å². The van der Waals surface area contributed by atoms with E-state index in [-0.39, 0.29) is 0 Å². The molecule has 0 amide bonds. The minimum Gasteiger partial charge on any atom is -0.357 e. The molecule has 1 aliphatic heterocycles. The highest BCUT2D eigenvalue weighted by Gasteiger charge is 2.26. The van der Waals surface area contributed by atoms with Crippen molar-refractivity contribution in [1.82, 2.24) is 15.5 Å². The van der Waals surface area contributed by atoms with Gasteiger partial charge in [-0.15, -0.1) is 0 Å². The number of nitrogens with zero attached hydrogens (tertiary/aromatic N) is 2. The maximum absolute atomic E-state index is 4.78. The van der Waals surface area contributed by atoms with E-state index in [4.69, 9.17) is 4.99 Å². The molecule has 0 aromatic carbocycles. The van der Waals surface area contributed by atoms with E-state index in [2.05, 4.69) is 22.5 Å². The van der Waals surface area contributed by atoms with Crippen molar-refractivity contribution in [2.45, 2.75) is 83.2 Å². The van der Waals surface area contributed by atoms with Crippen molar-refractivity contribution in [3.63, 3.8) is 0 Å². The fourth-order valence-electron chi connectivity index (χ4n) is 4.13. The quantitative estimate of drug-likeness (QED) is 0.583. The Bertz CT molecular complexity index is 364. The third-order valence-electron chi connectivity index (χ3n) is 5.81. The first kappa shape index (κ1) is 17.1. The molecular formula is C19H36N4. The van der Waals surface area contributed by atoms with Crippen molar-refractivity contribution in [3.05, 3.63) is 0 Å². The Hall–Kier alpha value is -0.770. The molecule has 3 aliphatic rings. The minimum absolute atomic E-state index is 0.605. The van der Waals surface area contributed by atoms with Crippen molar-refractivity contribution >= 4 is 5.96 Å². The van der Waals surface area contributed by atoms with Gasteiger partial charge in [0, 0.05) is 38.3 Å². The van der Waals surface area contributed by atoms with E-state index in [1.165, 1.54) is 77.3 Å². The van der Waals surface area contributed by atoms with Gasteiger partial charge in [0.15, 0.2) is 5.96 Å². The van der Waals surface area contributed by atoms with Crippen molar-refractivity contribution in [2.75, 3.05) is 26.2 Å². The van der Waals surface area contributed by atoms with Gasteiger partial charge in [-0.1, -0.05) is 32.1 Å². The van der Waals surface area contributed by atoms with Crippen molar-refractivity contribution in [2.24, 2.45) is 10.9 Å². The molecule has 4 nitrogen and oxygen atoms in total. The fraction of sp³-hybridized carbons (Fsp3) is 0.947. The molecule has 2 saturated carbocycles. The topological polar surface area (TPSA) is 39.7 Å². The monoisotopic (exact) mass is 320 g/mol. The Kier molecular flexibility index (Phi) is 6.61. The fourth-order valence-corrected chi connectivity index (χ4v) is 4.13. The summed E-state index contributed by atoms with van der Waals surface area (Å²) in [5, 5.41) is 7.11. The Morgan fingerprint density at radius 3 is 2.39 bits per heavy atom. The smallest absolute Gasteiger partial charge is 0.191 e. The average Bonchev–Trinajstić information content (AvgIpc) is 3.41. The zero-order valence-corrected chi connectivity index (χ0v) is 15.0. The molecule has 0 aromatic heterocycles. The van der Waals surface area contributed by atoms with Crippen LogP contribution in [0.25, 0.3) is 0 Å². The van der Waals surface area contributed by atoms with Crippen LogP contribution in [0.4, 0.5) is 0 Å². The predicted molar refractivity (Wildman–Crippen MR) is 97.9 cm³/mol. The third kappa shape index (κ3) is 5.66. The van der Waals surface area contributed by atoms with Gasteiger partial charge in [0.25, 0.3) is 0 Å². The van der Waals surface area contributed by atoms with Gasteiger partial charge in [0.1, 0.15) is 0 Å². The molecule has 2 aliphatic carbocycles. The summed E-state index contributed by atoms with van der Waals surface area (Å²) in [6.45, 7) is 6.63. The lowest BCUT2D eigenvalue weighted by Crippen LogP contribution is -2.51. The summed E-state index contributed by atoms with van der Waals surface area (Å²) < 4.78 is 0. The first-order valence-corrected chi connectivity index (χ1v) is 10.1. The molecule has 4 heteroatoms. The van der Waals surface area contributed by atoms with Gasteiger partial charge in [-0.25, -0.2) is 0 Å². The number of hydrogen-bond acceptors (Lipinski definition) is 2. The number of guanidine groups is 1. The van der Waals surface area contributed by atoms with Gasteiger partial charge in [-0.05, 0) is 44.9 Å². The summed E-state index contributed by atoms with van der Waals surface area (Å²) in [5.74, 6) is 2.02. The SMILES string of the molecule is CCNC(=NCCC1CC1)NC1CCN(C2CCCCC2)CC1. The first-order valence-electron chi connectivity index (χ1n) is 10.1. The maximum atomic E-state index is 4.78. The molecule has 3 fully saturated rings. The van der Waals surface area contributed by atoms with Crippen LogP contribution in [-0.2, 0) is 0 Å². The van der Waals surface area contributed by atoms with Crippen LogP contribution in [0.3, 0.4) is 0 Å². The van der Waals surface area contributed by atoms with Crippen LogP contribution in [-0.4, -0.2) is 49.1 Å². The zero-order chi connectivity index (χ0) is 15.9. The largest absolute Gasteiger partial charge is 0.357 e. The van der Waals surface area contributed by atoms with Crippen LogP contribution in [0.5, 0.6) is 0 Å². The normalized spacial score (nSPS) is 25.5. The highest BCUT2D eigenvalue weighted by Crippen LogP contribution is 2.32. The van der Waals surface area contributed by atoms with E-state index in [1.807, 2.05) is 0 Å². The van der Waals surface area contributed by atoms with Gasteiger partial charge in [0.05, 0.1) is 0 Å². The van der Waals surface area contributed by atoms with Crippen LogP contribution >= 0.6 is 0 Å². The van der Waals surface area contributed by atoms with Gasteiger partial charge in [0.2, 0.25) is 0 Å². The number of piperidine rings is 1. The number of rotatable bonds is 6. The summed E-state index contributed by atoms with van der Waals surface area (Å²) in [4.78, 5) is 7.54. The van der Waals surface area contributed by atoms with Crippen molar-refractivity contribution in [1.29, 1.82) is 0 Å². The lowest BCUT2D eigenvalue weighted by molar-refractivity contribution is 0.119. The first-order chi connectivity index (χ1) is 11.3. The molecule has 0 radical (unpaired) electrons. The summed E-state index contributed by atoms with van der Waals surface area (Å²) >= 11 is 0. The number of aliphatic imine (C=N–C) groups is 1. The molecule has 132 valence electrons. The standard InChI is InChI=1S/C19H36N4/c1-2-20-19(21-13-10-16-8-9-16)22-17-11-14-23(15-12-17)18-6-4-3-5-7-18/h16-18H,2-15H2,1H3,(H2,20,21,22). The molecule has 0 bridgehead atoms. The predicted octanol–water partition coefficient (Wildman–Crippen LogP) is 3.14. The molecule has 3 rings (SSSR count). The van der Waals surface area contributed by atoms with Gasteiger partial charge in [-0.3, -0.25) is 4.99 Å².